The van der Waals surface area contributed by atoms with Crippen molar-refractivity contribution in [2.24, 2.45) is 5.92 Å². The number of rotatable bonds is 4. The van der Waals surface area contributed by atoms with Gasteiger partial charge in [0, 0.05) is 0 Å². The summed E-state index contributed by atoms with van der Waals surface area (Å²) in [6, 6.07) is 0. The molecule has 1 atom stereocenters. The summed E-state index contributed by atoms with van der Waals surface area (Å²) in [4.78, 5) is 0. The van der Waals surface area contributed by atoms with E-state index in [4.69, 9.17) is 4.78 Å². The molecule has 0 aromatic heterocycles. The molecule has 0 saturated heterocycles. The molecule has 0 aromatic rings. The van der Waals surface area contributed by atoms with E-state index in [1.807, 2.05) is 6.92 Å². The third kappa shape index (κ3) is 5.56. The van der Waals surface area contributed by atoms with Gasteiger partial charge < -0.3 is 8.99 Å². The fraction of sp³-hybridized carbons (Fsp3) is 0.667. The highest BCUT2D eigenvalue weighted by atomic mass is 32.2. The second kappa shape index (κ2) is 4.56. The maximum absolute atomic E-state index is 10.3. The molecule has 0 amide bonds. The van der Waals surface area contributed by atoms with Crippen LogP contribution >= 0.6 is 0 Å². The fourth-order valence-corrected chi connectivity index (χ4v) is 1.26. The predicted octanol–water partition coefficient (Wildman–Crippen LogP) is 1.92. The van der Waals surface area contributed by atoms with Crippen molar-refractivity contribution in [3.63, 3.8) is 0 Å². The Labute approximate surface area is 58.0 Å². The first-order valence-electron chi connectivity index (χ1n) is 2.87. The summed E-state index contributed by atoms with van der Waals surface area (Å²) in [5, 5.41) is 0. The highest BCUT2D eigenvalue weighted by Crippen LogP contribution is 2.01. The normalized spacial score (nSPS) is 13.6. The van der Waals surface area contributed by atoms with E-state index in [0.717, 1.165) is 6.42 Å². The van der Waals surface area contributed by atoms with Crippen LogP contribution in [0.2, 0.25) is 0 Å². The summed E-state index contributed by atoms with van der Waals surface area (Å²) in [5.74, 6) is 0.798. The summed E-state index contributed by atoms with van der Waals surface area (Å²) in [6.45, 7) is 5.51. The first-order chi connectivity index (χ1) is 4.16. The molecule has 3 heteroatoms. The Morgan fingerprint density at radius 1 is 1.89 bits per heavy atom. The molecule has 0 radical (unpaired) electrons. The third-order valence-electron chi connectivity index (χ3n) is 1.00. The number of allylic oxidation sites excluding steroid dienone is 1. The Hall–Kier alpha value is -0.310. The van der Waals surface area contributed by atoms with Crippen LogP contribution in [0.25, 0.3) is 0 Å². The second-order valence-electron chi connectivity index (χ2n) is 2.14. The Bertz CT molecular complexity index is 143. The molecule has 0 aromatic carbocycles. The number of hydrogen-bond acceptors (Lipinski definition) is 3. The van der Waals surface area contributed by atoms with Crippen molar-refractivity contribution in [1.82, 2.24) is 0 Å². The highest BCUT2D eigenvalue weighted by molar-refractivity contribution is 7.73. The zero-order valence-electron chi connectivity index (χ0n) is 5.59. The van der Waals surface area contributed by atoms with Crippen LogP contribution in [-0.2, 0) is 14.8 Å². The molecule has 0 rings (SSSR count). The van der Waals surface area contributed by atoms with Gasteiger partial charge in [-0.2, -0.15) is 10.6 Å². The zero-order valence-corrected chi connectivity index (χ0v) is 6.41. The van der Waals surface area contributed by atoms with Gasteiger partial charge in [-0.15, -0.1) is 6.58 Å². The van der Waals surface area contributed by atoms with Gasteiger partial charge in [0.15, 0.2) is 0 Å². The summed E-state index contributed by atoms with van der Waals surface area (Å²) in [7, 11) is -1.39. The number of hydrogen-bond donors (Lipinski definition) is 1. The first kappa shape index (κ1) is 8.69. The van der Waals surface area contributed by atoms with Gasteiger partial charge in [-0.3, -0.25) is 0 Å². The highest BCUT2D eigenvalue weighted by Gasteiger charge is 1.91. The van der Waals surface area contributed by atoms with E-state index in [2.05, 4.69) is 6.58 Å². The molecule has 0 unspecified atom stereocenters. The molecule has 0 heterocycles. The Morgan fingerprint density at radius 2 is 2.44 bits per heavy atom. The SMILES string of the molecule is C=CC[C@H](C)C[S-](=N)=O. The van der Waals surface area contributed by atoms with Crippen LogP contribution in [0.15, 0.2) is 12.7 Å². The van der Waals surface area contributed by atoms with Crippen LogP contribution < -0.4 is 0 Å². The largest absolute Gasteiger partial charge is 0.445 e. The van der Waals surface area contributed by atoms with E-state index in [-0.39, 0.29) is 0 Å². The molecule has 54 valence electrons. The Balaban J connectivity index is 3.49. The van der Waals surface area contributed by atoms with E-state index in [1.54, 1.807) is 6.08 Å². The van der Waals surface area contributed by atoms with Crippen LogP contribution in [0.4, 0.5) is 0 Å². The van der Waals surface area contributed by atoms with Crippen molar-refractivity contribution in [2.75, 3.05) is 5.75 Å². The topological polar surface area (TPSA) is 40.9 Å². The van der Waals surface area contributed by atoms with Gasteiger partial charge in [0.05, 0.1) is 0 Å². The van der Waals surface area contributed by atoms with E-state index in [9.17, 15) is 4.21 Å². The average molecular weight is 146 g/mol. The standard InChI is InChI=1S/C6H12NOS/c1-3-4-6(2)5-9(7)8/h3,6-7H,1,4-5H2,2H3/q-1/t6-/m0/s1. The van der Waals surface area contributed by atoms with Crippen molar-refractivity contribution in [3.05, 3.63) is 12.7 Å². The molecule has 9 heavy (non-hydrogen) atoms. The van der Waals surface area contributed by atoms with E-state index >= 15 is 0 Å². The maximum Gasteiger partial charge on any atom is -0.0343 e. The molecule has 0 spiro atoms. The van der Waals surface area contributed by atoms with Crippen molar-refractivity contribution in [3.8, 4) is 0 Å². The van der Waals surface area contributed by atoms with Gasteiger partial charge in [-0.05, 0) is 6.42 Å². The van der Waals surface area contributed by atoms with Crippen molar-refractivity contribution in [1.29, 1.82) is 4.78 Å². The lowest BCUT2D eigenvalue weighted by atomic mass is 10.1. The first-order valence-corrected chi connectivity index (χ1v) is 4.19. The van der Waals surface area contributed by atoms with Gasteiger partial charge in [0.25, 0.3) is 0 Å². The fourth-order valence-electron chi connectivity index (χ4n) is 0.611. The van der Waals surface area contributed by atoms with Gasteiger partial charge in [-0.1, -0.05) is 24.7 Å². The molecule has 2 nitrogen and oxygen atoms in total. The van der Waals surface area contributed by atoms with Crippen molar-refractivity contribution >= 4 is 10.6 Å². The second-order valence-corrected chi connectivity index (χ2v) is 3.17. The monoisotopic (exact) mass is 146 g/mol. The van der Waals surface area contributed by atoms with Crippen LogP contribution in [0.5, 0.6) is 0 Å². The smallest absolute Gasteiger partial charge is 0.0343 e. The van der Waals surface area contributed by atoms with Gasteiger partial charge in [-0.25, -0.2) is 0 Å². The third-order valence-corrected chi connectivity index (χ3v) is 1.88. The van der Waals surface area contributed by atoms with Crippen LogP contribution in [0.3, 0.4) is 0 Å². The summed E-state index contributed by atoms with van der Waals surface area (Å²) in [5.41, 5.74) is 0. The maximum atomic E-state index is 10.3. The molecule has 0 aliphatic rings. The molecule has 0 bridgehead atoms. The molecule has 0 aliphatic carbocycles. The number of nitrogens with one attached hydrogen (secondary N) is 1. The van der Waals surface area contributed by atoms with Gasteiger partial charge in [0.2, 0.25) is 0 Å². The lowest BCUT2D eigenvalue weighted by molar-refractivity contribution is 0.586. The lowest BCUT2D eigenvalue weighted by Crippen LogP contribution is -1.99. The minimum absolute atomic E-state index is 0.334. The summed E-state index contributed by atoms with van der Waals surface area (Å²) in [6.07, 6.45) is 2.64. The molecule has 0 aliphatic heterocycles. The average Bonchev–Trinajstić information content (AvgIpc) is 1.63. The quantitative estimate of drug-likeness (QED) is 0.478. The molecular weight excluding hydrogens is 134 g/mol. The minimum atomic E-state index is -1.39. The molecule has 0 fully saturated rings. The molecule has 1 N–H and O–H groups in total. The van der Waals surface area contributed by atoms with Gasteiger partial charge in [0.1, 0.15) is 0 Å². The van der Waals surface area contributed by atoms with E-state index < -0.39 is 10.6 Å². The van der Waals surface area contributed by atoms with Crippen LogP contribution in [-0.4, -0.2) is 5.75 Å². The zero-order chi connectivity index (χ0) is 7.28. The van der Waals surface area contributed by atoms with Crippen LogP contribution in [0, 0.1) is 10.7 Å². The summed E-state index contributed by atoms with van der Waals surface area (Å²) >= 11 is 0. The van der Waals surface area contributed by atoms with E-state index in [0.29, 0.717) is 11.7 Å². The Morgan fingerprint density at radius 3 is 2.78 bits per heavy atom. The summed E-state index contributed by atoms with van der Waals surface area (Å²) < 4.78 is 17.0. The van der Waals surface area contributed by atoms with E-state index in [1.165, 1.54) is 0 Å². The Kier molecular flexibility index (Phi) is 4.40. The molecular formula is C6H12NOS-. The van der Waals surface area contributed by atoms with Crippen LogP contribution in [0.1, 0.15) is 13.3 Å². The van der Waals surface area contributed by atoms with Gasteiger partial charge >= 0.3 is 0 Å². The predicted molar refractivity (Wildman–Crippen MR) is 39.6 cm³/mol. The minimum Gasteiger partial charge on any atom is -0.445 e. The van der Waals surface area contributed by atoms with Crippen molar-refractivity contribution in [2.45, 2.75) is 13.3 Å². The lowest BCUT2D eigenvalue weighted by Gasteiger charge is -2.07. The van der Waals surface area contributed by atoms with Crippen molar-refractivity contribution < 1.29 is 4.21 Å². The molecule has 0 saturated carbocycles.